The maximum Gasteiger partial charge on any atom is 0.188 e. The average Bonchev–Trinajstić information content (AvgIpc) is 2.98. The van der Waals surface area contributed by atoms with Gasteiger partial charge in [0.1, 0.15) is 0 Å². The van der Waals surface area contributed by atoms with E-state index in [-0.39, 0.29) is 24.0 Å². The van der Waals surface area contributed by atoms with E-state index in [2.05, 4.69) is 44.1 Å². The topological polar surface area (TPSA) is 68.2 Å². The zero-order valence-corrected chi connectivity index (χ0v) is 15.5. The fourth-order valence-electron chi connectivity index (χ4n) is 2.52. The Labute approximate surface area is 154 Å². The number of aromatic nitrogens is 2. The van der Waals surface area contributed by atoms with Crippen LogP contribution in [0.1, 0.15) is 30.4 Å². The molecule has 0 saturated heterocycles. The van der Waals surface area contributed by atoms with Crippen LogP contribution in [0.5, 0.6) is 0 Å². The largest absolute Gasteiger partial charge is 0.370 e. The maximum atomic E-state index is 5.90. The molecule has 6 heteroatoms. The van der Waals surface area contributed by atoms with E-state index >= 15 is 0 Å². The maximum absolute atomic E-state index is 5.90. The SMILES string of the molecule is I.NC(=NCc1ccc(Cn2ccnc2)cc1)NCC1CCC1. The second-order valence-electron chi connectivity index (χ2n) is 5.93. The predicted octanol–water partition coefficient (Wildman–Crippen LogP) is 2.75. The number of hydrogen-bond acceptors (Lipinski definition) is 2. The van der Waals surface area contributed by atoms with Crippen LogP contribution in [0.25, 0.3) is 0 Å². The lowest BCUT2D eigenvalue weighted by Crippen LogP contribution is -2.37. The number of rotatable bonds is 6. The molecule has 0 aliphatic heterocycles. The van der Waals surface area contributed by atoms with Crippen LogP contribution in [0, 0.1) is 5.92 Å². The van der Waals surface area contributed by atoms with Crippen molar-refractivity contribution in [3.63, 3.8) is 0 Å². The van der Waals surface area contributed by atoms with Crippen molar-refractivity contribution < 1.29 is 0 Å². The number of nitrogens with zero attached hydrogens (tertiary/aromatic N) is 3. The second kappa shape index (κ2) is 8.90. The molecule has 5 nitrogen and oxygen atoms in total. The van der Waals surface area contributed by atoms with E-state index in [9.17, 15) is 0 Å². The Morgan fingerprint density at radius 1 is 1.26 bits per heavy atom. The van der Waals surface area contributed by atoms with E-state index in [0.29, 0.717) is 12.5 Å². The molecule has 0 radical (unpaired) electrons. The summed E-state index contributed by atoms with van der Waals surface area (Å²) >= 11 is 0. The summed E-state index contributed by atoms with van der Waals surface area (Å²) in [5.74, 6) is 1.34. The fourth-order valence-corrected chi connectivity index (χ4v) is 2.52. The predicted molar refractivity (Wildman–Crippen MR) is 104 cm³/mol. The number of halogens is 1. The molecule has 3 rings (SSSR count). The van der Waals surface area contributed by atoms with E-state index in [4.69, 9.17) is 5.73 Å². The summed E-state index contributed by atoms with van der Waals surface area (Å²) in [6.45, 7) is 2.42. The summed E-state index contributed by atoms with van der Waals surface area (Å²) in [6, 6.07) is 8.47. The van der Waals surface area contributed by atoms with Crippen molar-refractivity contribution in [2.24, 2.45) is 16.6 Å². The van der Waals surface area contributed by atoms with Crippen LogP contribution in [0.3, 0.4) is 0 Å². The summed E-state index contributed by atoms with van der Waals surface area (Å²) in [4.78, 5) is 8.45. The van der Waals surface area contributed by atoms with Gasteiger partial charge in [0.15, 0.2) is 5.96 Å². The molecule has 1 aliphatic carbocycles. The van der Waals surface area contributed by atoms with Gasteiger partial charge in [-0.3, -0.25) is 0 Å². The Balaban J connectivity index is 0.00000192. The van der Waals surface area contributed by atoms with E-state index in [1.54, 1.807) is 6.20 Å². The lowest BCUT2D eigenvalue weighted by molar-refractivity contribution is 0.315. The number of aliphatic imine (C=N–C) groups is 1. The van der Waals surface area contributed by atoms with Crippen molar-refractivity contribution in [3.05, 3.63) is 54.1 Å². The van der Waals surface area contributed by atoms with Gasteiger partial charge in [0.2, 0.25) is 0 Å². The molecule has 0 bridgehead atoms. The van der Waals surface area contributed by atoms with Crippen molar-refractivity contribution in [1.82, 2.24) is 14.9 Å². The highest BCUT2D eigenvalue weighted by molar-refractivity contribution is 14.0. The minimum Gasteiger partial charge on any atom is -0.370 e. The summed E-state index contributed by atoms with van der Waals surface area (Å²) in [5, 5.41) is 3.21. The van der Waals surface area contributed by atoms with Crippen LogP contribution < -0.4 is 11.1 Å². The van der Waals surface area contributed by atoms with E-state index in [1.807, 2.05) is 12.5 Å². The first-order valence-electron chi connectivity index (χ1n) is 7.87. The number of guanidine groups is 1. The van der Waals surface area contributed by atoms with E-state index in [1.165, 1.54) is 30.4 Å². The number of nitrogens with two attached hydrogens (primary N) is 1. The molecule has 1 saturated carbocycles. The van der Waals surface area contributed by atoms with Gasteiger partial charge in [-0.15, -0.1) is 24.0 Å². The second-order valence-corrected chi connectivity index (χ2v) is 5.93. The number of benzene rings is 1. The Morgan fingerprint density at radius 3 is 2.61 bits per heavy atom. The third-order valence-corrected chi connectivity index (χ3v) is 4.18. The van der Waals surface area contributed by atoms with Gasteiger partial charge in [0, 0.05) is 25.5 Å². The number of imidazole rings is 1. The van der Waals surface area contributed by atoms with Crippen LogP contribution >= 0.6 is 24.0 Å². The molecule has 23 heavy (non-hydrogen) atoms. The van der Waals surface area contributed by atoms with Crippen LogP contribution in [-0.2, 0) is 13.1 Å². The minimum absolute atomic E-state index is 0. The molecular weight excluding hydrogens is 401 g/mol. The third kappa shape index (κ3) is 5.53. The Hall–Kier alpha value is -1.57. The van der Waals surface area contributed by atoms with Gasteiger partial charge in [-0.25, -0.2) is 9.98 Å². The molecule has 124 valence electrons. The third-order valence-electron chi connectivity index (χ3n) is 4.18. The molecule has 2 aromatic rings. The lowest BCUT2D eigenvalue weighted by atomic mass is 9.85. The van der Waals surface area contributed by atoms with E-state index in [0.717, 1.165) is 19.0 Å². The van der Waals surface area contributed by atoms with Crippen LogP contribution in [0.2, 0.25) is 0 Å². The highest BCUT2D eigenvalue weighted by atomic mass is 127. The molecule has 1 aliphatic rings. The molecule has 1 heterocycles. The highest BCUT2D eigenvalue weighted by Crippen LogP contribution is 2.24. The van der Waals surface area contributed by atoms with Crippen molar-refractivity contribution in [2.45, 2.75) is 32.4 Å². The van der Waals surface area contributed by atoms with Crippen LogP contribution in [0.15, 0.2) is 48.0 Å². The van der Waals surface area contributed by atoms with Crippen molar-refractivity contribution in [1.29, 1.82) is 0 Å². The van der Waals surface area contributed by atoms with Gasteiger partial charge in [-0.2, -0.15) is 0 Å². The standard InChI is InChI=1S/C17H23N5.HI/c18-17(20-10-14-2-1-3-14)21-11-15-4-6-16(7-5-15)12-22-9-8-19-13-22;/h4-9,13-14H,1-3,10-12H2,(H3,18,20,21);1H. The van der Waals surface area contributed by atoms with Crippen LogP contribution in [-0.4, -0.2) is 22.1 Å². The van der Waals surface area contributed by atoms with E-state index < -0.39 is 0 Å². The first kappa shape index (κ1) is 17.8. The molecule has 0 atom stereocenters. The first-order valence-corrected chi connectivity index (χ1v) is 7.87. The quantitative estimate of drug-likeness (QED) is 0.425. The van der Waals surface area contributed by atoms with Crippen molar-refractivity contribution in [2.75, 3.05) is 6.54 Å². The minimum atomic E-state index is 0. The van der Waals surface area contributed by atoms with Gasteiger partial charge in [-0.05, 0) is 29.9 Å². The molecule has 3 N–H and O–H groups in total. The molecule has 0 unspecified atom stereocenters. The zero-order valence-electron chi connectivity index (χ0n) is 13.2. The molecular formula is C17H24IN5. The molecule has 0 spiro atoms. The Bertz CT molecular complexity index is 602. The molecule has 1 fully saturated rings. The number of hydrogen-bond donors (Lipinski definition) is 2. The van der Waals surface area contributed by atoms with Crippen molar-refractivity contribution in [3.8, 4) is 0 Å². The summed E-state index contributed by atoms with van der Waals surface area (Å²) in [5.41, 5.74) is 8.32. The monoisotopic (exact) mass is 425 g/mol. The zero-order chi connectivity index (χ0) is 15.2. The fraction of sp³-hybridized carbons (Fsp3) is 0.412. The first-order chi connectivity index (χ1) is 10.8. The number of nitrogens with one attached hydrogen (secondary N) is 1. The smallest absolute Gasteiger partial charge is 0.188 e. The van der Waals surface area contributed by atoms with Gasteiger partial charge < -0.3 is 15.6 Å². The average molecular weight is 425 g/mol. The normalized spacial score (nSPS) is 14.9. The molecule has 1 aromatic carbocycles. The summed E-state index contributed by atoms with van der Waals surface area (Å²) in [6.07, 6.45) is 9.58. The molecule has 0 amide bonds. The van der Waals surface area contributed by atoms with Gasteiger partial charge in [0.25, 0.3) is 0 Å². The molecule has 1 aromatic heterocycles. The Kier molecular flexibility index (Phi) is 6.88. The van der Waals surface area contributed by atoms with Gasteiger partial charge >= 0.3 is 0 Å². The summed E-state index contributed by atoms with van der Waals surface area (Å²) in [7, 11) is 0. The van der Waals surface area contributed by atoms with Gasteiger partial charge in [0.05, 0.1) is 12.9 Å². The van der Waals surface area contributed by atoms with Gasteiger partial charge in [-0.1, -0.05) is 30.7 Å². The Morgan fingerprint density at radius 2 is 2.00 bits per heavy atom. The highest BCUT2D eigenvalue weighted by Gasteiger charge is 2.16. The lowest BCUT2D eigenvalue weighted by Gasteiger charge is -2.25. The summed E-state index contributed by atoms with van der Waals surface area (Å²) < 4.78 is 2.05. The van der Waals surface area contributed by atoms with Crippen LogP contribution in [0.4, 0.5) is 0 Å². The van der Waals surface area contributed by atoms with Crippen molar-refractivity contribution >= 4 is 29.9 Å².